The molecule has 2 rings (SSSR count). The first-order valence-electron chi connectivity index (χ1n) is 7.59. The standard InChI is InChI=1S/C16H29N3S/c1-12-6-15(3,4)10-16(7-12,11-17)19(5)8-14-9-20-13(2)18-14/h9,12H,6-8,10-11,17H2,1-5H3. The van der Waals surface area contributed by atoms with Crippen LogP contribution in [0.3, 0.4) is 0 Å². The minimum atomic E-state index is 0.124. The van der Waals surface area contributed by atoms with Crippen LogP contribution in [0.5, 0.6) is 0 Å². The Bertz CT molecular complexity index is 454. The molecule has 0 radical (unpaired) electrons. The van der Waals surface area contributed by atoms with Crippen molar-refractivity contribution in [2.45, 2.75) is 59.0 Å². The Kier molecular flexibility index (Phi) is 4.57. The Morgan fingerprint density at radius 1 is 1.45 bits per heavy atom. The van der Waals surface area contributed by atoms with Crippen LogP contribution in [0.1, 0.15) is 50.7 Å². The molecule has 1 aliphatic carbocycles. The van der Waals surface area contributed by atoms with Gasteiger partial charge in [0.05, 0.1) is 10.7 Å². The second-order valence-electron chi connectivity index (χ2n) is 7.50. The molecule has 1 fully saturated rings. The summed E-state index contributed by atoms with van der Waals surface area (Å²) in [5.74, 6) is 0.738. The molecule has 3 nitrogen and oxygen atoms in total. The SMILES string of the molecule is Cc1nc(CN(C)C2(CN)CC(C)CC(C)(C)C2)cs1. The van der Waals surface area contributed by atoms with E-state index in [0.29, 0.717) is 5.41 Å². The van der Waals surface area contributed by atoms with Crippen LogP contribution in [0.15, 0.2) is 5.38 Å². The van der Waals surface area contributed by atoms with Crippen LogP contribution in [-0.2, 0) is 6.54 Å². The number of aryl methyl sites for hydroxylation is 1. The van der Waals surface area contributed by atoms with Crippen LogP contribution in [0.4, 0.5) is 0 Å². The zero-order valence-corrected chi connectivity index (χ0v) is 14.4. The second kappa shape index (κ2) is 5.74. The Balaban J connectivity index is 2.16. The fraction of sp³-hybridized carbons (Fsp3) is 0.812. The van der Waals surface area contributed by atoms with Crippen molar-refractivity contribution in [1.29, 1.82) is 0 Å². The average molecular weight is 295 g/mol. The molecule has 1 saturated carbocycles. The first-order chi connectivity index (χ1) is 9.26. The highest BCUT2D eigenvalue weighted by atomic mass is 32.1. The Morgan fingerprint density at radius 2 is 2.15 bits per heavy atom. The number of rotatable bonds is 4. The highest BCUT2D eigenvalue weighted by molar-refractivity contribution is 7.09. The number of likely N-dealkylation sites (N-methyl/N-ethyl adjacent to an activating group) is 1. The summed E-state index contributed by atoms with van der Waals surface area (Å²) in [6.07, 6.45) is 3.69. The molecule has 0 bridgehead atoms. The van der Waals surface area contributed by atoms with Crippen LogP contribution >= 0.6 is 11.3 Å². The third kappa shape index (κ3) is 3.41. The largest absolute Gasteiger partial charge is 0.329 e. The number of thiazole rings is 1. The van der Waals surface area contributed by atoms with Crippen LogP contribution in [0.2, 0.25) is 0 Å². The van der Waals surface area contributed by atoms with Crippen LogP contribution in [0, 0.1) is 18.3 Å². The predicted molar refractivity (Wildman–Crippen MR) is 86.9 cm³/mol. The van der Waals surface area contributed by atoms with Gasteiger partial charge in [0.2, 0.25) is 0 Å². The maximum absolute atomic E-state index is 6.22. The van der Waals surface area contributed by atoms with Crippen molar-refractivity contribution in [1.82, 2.24) is 9.88 Å². The monoisotopic (exact) mass is 295 g/mol. The van der Waals surface area contributed by atoms with Gasteiger partial charge >= 0.3 is 0 Å². The van der Waals surface area contributed by atoms with E-state index in [2.05, 4.69) is 50.0 Å². The molecular formula is C16H29N3S. The summed E-state index contributed by atoms with van der Waals surface area (Å²) >= 11 is 1.73. The van der Waals surface area contributed by atoms with E-state index >= 15 is 0 Å². The summed E-state index contributed by atoms with van der Waals surface area (Å²) in [5, 5.41) is 3.32. The minimum Gasteiger partial charge on any atom is -0.329 e. The third-order valence-corrected chi connectivity index (χ3v) is 5.51. The molecule has 2 atom stereocenters. The smallest absolute Gasteiger partial charge is 0.0897 e. The molecule has 1 heterocycles. The van der Waals surface area contributed by atoms with Gasteiger partial charge in [-0.25, -0.2) is 4.98 Å². The van der Waals surface area contributed by atoms with Gasteiger partial charge in [-0.1, -0.05) is 20.8 Å². The van der Waals surface area contributed by atoms with Gasteiger partial charge in [-0.3, -0.25) is 4.90 Å². The molecule has 2 N–H and O–H groups in total. The lowest BCUT2D eigenvalue weighted by molar-refractivity contribution is -0.00166. The van der Waals surface area contributed by atoms with Crippen molar-refractivity contribution in [3.63, 3.8) is 0 Å². The topological polar surface area (TPSA) is 42.2 Å². The first kappa shape index (κ1) is 15.9. The lowest BCUT2D eigenvalue weighted by Gasteiger charge is -2.51. The van der Waals surface area contributed by atoms with Crippen molar-refractivity contribution in [2.24, 2.45) is 17.1 Å². The Labute approximate surface area is 127 Å². The number of nitrogens with zero attached hydrogens (tertiary/aromatic N) is 2. The van der Waals surface area contributed by atoms with E-state index in [0.717, 1.165) is 24.0 Å². The van der Waals surface area contributed by atoms with E-state index in [4.69, 9.17) is 5.73 Å². The number of aromatic nitrogens is 1. The summed E-state index contributed by atoms with van der Waals surface area (Å²) in [6, 6.07) is 0. The minimum absolute atomic E-state index is 0.124. The summed E-state index contributed by atoms with van der Waals surface area (Å²) < 4.78 is 0. The predicted octanol–water partition coefficient (Wildman–Crippen LogP) is 3.43. The van der Waals surface area contributed by atoms with Gasteiger partial charge in [0.1, 0.15) is 0 Å². The van der Waals surface area contributed by atoms with E-state index in [-0.39, 0.29) is 5.54 Å². The van der Waals surface area contributed by atoms with E-state index in [1.807, 2.05) is 0 Å². The maximum Gasteiger partial charge on any atom is 0.0897 e. The summed E-state index contributed by atoms with van der Waals surface area (Å²) in [4.78, 5) is 7.06. The van der Waals surface area contributed by atoms with Crippen molar-refractivity contribution in [3.05, 3.63) is 16.1 Å². The number of hydrogen-bond donors (Lipinski definition) is 1. The fourth-order valence-corrected chi connectivity index (χ4v) is 4.80. The van der Waals surface area contributed by atoms with Gasteiger partial charge in [-0.2, -0.15) is 0 Å². The van der Waals surface area contributed by atoms with Crippen molar-refractivity contribution >= 4 is 11.3 Å². The molecule has 0 aromatic carbocycles. The molecule has 4 heteroatoms. The summed E-state index contributed by atoms with van der Waals surface area (Å²) in [7, 11) is 2.22. The quantitative estimate of drug-likeness (QED) is 0.925. The Hall–Kier alpha value is -0.450. The molecular weight excluding hydrogens is 266 g/mol. The summed E-state index contributed by atoms with van der Waals surface area (Å²) in [5.41, 5.74) is 7.90. The molecule has 2 unspecified atom stereocenters. The Morgan fingerprint density at radius 3 is 2.65 bits per heavy atom. The molecule has 0 amide bonds. The van der Waals surface area contributed by atoms with Crippen molar-refractivity contribution in [3.8, 4) is 0 Å². The van der Waals surface area contributed by atoms with Gasteiger partial charge in [0.15, 0.2) is 0 Å². The van der Waals surface area contributed by atoms with Gasteiger partial charge in [0, 0.05) is 24.0 Å². The van der Waals surface area contributed by atoms with E-state index in [1.165, 1.54) is 25.0 Å². The van der Waals surface area contributed by atoms with Crippen molar-refractivity contribution in [2.75, 3.05) is 13.6 Å². The van der Waals surface area contributed by atoms with E-state index in [1.54, 1.807) is 11.3 Å². The summed E-state index contributed by atoms with van der Waals surface area (Å²) in [6.45, 7) is 10.8. The molecule has 1 aromatic rings. The number of nitrogens with two attached hydrogens (primary N) is 1. The normalized spacial score (nSPS) is 29.9. The third-order valence-electron chi connectivity index (χ3n) is 4.69. The molecule has 0 aliphatic heterocycles. The zero-order valence-electron chi connectivity index (χ0n) is 13.6. The van der Waals surface area contributed by atoms with Crippen LogP contribution in [-0.4, -0.2) is 29.0 Å². The molecule has 0 spiro atoms. The molecule has 20 heavy (non-hydrogen) atoms. The average Bonchev–Trinajstić information content (AvgIpc) is 2.71. The van der Waals surface area contributed by atoms with Crippen LogP contribution < -0.4 is 5.73 Å². The van der Waals surface area contributed by atoms with E-state index in [9.17, 15) is 0 Å². The van der Waals surface area contributed by atoms with Gasteiger partial charge < -0.3 is 5.73 Å². The lowest BCUT2D eigenvalue weighted by Crippen LogP contribution is -2.57. The molecule has 1 aliphatic rings. The maximum atomic E-state index is 6.22. The van der Waals surface area contributed by atoms with Gasteiger partial charge in [0.25, 0.3) is 0 Å². The number of hydrogen-bond acceptors (Lipinski definition) is 4. The van der Waals surface area contributed by atoms with Gasteiger partial charge in [-0.15, -0.1) is 11.3 Å². The first-order valence-corrected chi connectivity index (χ1v) is 8.47. The molecule has 0 saturated heterocycles. The molecule has 114 valence electrons. The zero-order chi connectivity index (χ0) is 15.0. The highest BCUT2D eigenvalue weighted by Gasteiger charge is 2.44. The van der Waals surface area contributed by atoms with Crippen molar-refractivity contribution < 1.29 is 0 Å². The lowest BCUT2D eigenvalue weighted by atomic mass is 9.63. The fourth-order valence-electron chi connectivity index (χ4n) is 4.19. The highest BCUT2D eigenvalue weighted by Crippen LogP contribution is 2.46. The second-order valence-corrected chi connectivity index (χ2v) is 8.56. The van der Waals surface area contributed by atoms with Gasteiger partial charge in [-0.05, 0) is 44.6 Å². The van der Waals surface area contributed by atoms with Crippen LogP contribution in [0.25, 0.3) is 0 Å². The van der Waals surface area contributed by atoms with E-state index < -0.39 is 0 Å². The molecule has 1 aromatic heterocycles.